The van der Waals surface area contributed by atoms with Crippen molar-refractivity contribution in [2.75, 3.05) is 0 Å². The first-order chi connectivity index (χ1) is 7.75. The molecule has 80 valence electrons. The monoisotopic (exact) mass is 230 g/mol. The van der Waals surface area contributed by atoms with Crippen LogP contribution in [0.5, 0.6) is 0 Å². The molecule has 1 aliphatic carbocycles. The molecule has 0 unspecified atom stereocenters. The van der Waals surface area contributed by atoms with Crippen molar-refractivity contribution in [3.63, 3.8) is 0 Å². The Hall–Kier alpha value is -1.51. The molecule has 0 aliphatic heterocycles. The van der Waals surface area contributed by atoms with Crippen molar-refractivity contribution in [2.45, 2.75) is 25.3 Å². The van der Waals surface area contributed by atoms with Gasteiger partial charge in [0.15, 0.2) is 0 Å². The number of benzene rings is 1. The van der Waals surface area contributed by atoms with Crippen LogP contribution in [0, 0.1) is 6.92 Å². The third-order valence-electron chi connectivity index (χ3n) is 3.17. The number of isocyanates is 1. The third kappa shape index (κ3) is 1.31. The number of aromatic nitrogens is 1. The van der Waals surface area contributed by atoms with E-state index in [1.807, 2.05) is 6.92 Å². The van der Waals surface area contributed by atoms with E-state index in [1.165, 1.54) is 21.6 Å². The van der Waals surface area contributed by atoms with Gasteiger partial charge in [-0.2, -0.15) is 9.37 Å². The van der Waals surface area contributed by atoms with Gasteiger partial charge >= 0.3 is 0 Å². The van der Waals surface area contributed by atoms with Gasteiger partial charge in [-0.05, 0) is 42.9 Å². The van der Waals surface area contributed by atoms with Gasteiger partial charge in [0.2, 0.25) is 6.08 Å². The minimum absolute atomic E-state index is 0.270. The lowest BCUT2D eigenvalue weighted by molar-refractivity contribution is 0.556. The van der Waals surface area contributed by atoms with Gasteiger partial charge in [0, 0.05) is 5.39 Å². The summed E-state index contributed by atoms with van der Waals surface area (Å²) in [7, 11) is 0. The number of nitrogens with zero attached hydrogens (tertiary/aromatic N) is 2. The lowest BCUT2D eigenvalue weighted by Gasteiger charge is -2.07. The molecule has 1 heterocycles. The molecule has 1 aromatic carbocycles. The number of carbonyl (C=O) groups excluding carboxylic acids is 1. The lowest BCUT2D eigenvalue weighted by Crippen LogP contribution is -2.01. The van der Waals surface area contributed by atoms with Crippen LogP contribution in [0.4, 0.5) is 0 Å². The van der Waals surface area contributed by atoms with Crippen LogP contribution in [0.2, 0.25) is 0 Å². The van der Waals surface area contributed by atoms with Gasteiger partial charge in [-0.15, -0.1) is 0 Å². The minimum atomic E-state index is -0.270. The molecule has 0 bridgehead atoms. The van der Waals surface area contributed by atoms with Crippen LogP contribution in [-0.2, 0) is 10.3 Å². The number of aryl methyl sites for hydroxylation is 1. The Kier molecular flexibility index (Phi) is 1.96. The second kappa shape index (κ2) is 3.24. The summed E-state index contributed by atoms with van der Waals surface area (Å²) in [5.41, 5.74) is 1.91. The van der Waals surface area contributed by atoms with E-state index < -0.39 is 0 Å². The van der Waals surface area contributed by atoms with Gasteiger partial charge in [0.05, 0.1) is 15.9 Å². The molecule has 0 saturated heterocycles. The average Bonchev–Trinajstić information content (AvgIpc) is 2.99. The van der Waals surface area contributed by atoms with Gasteiger partial charge < -0.3 is 0 Å². The van der Waals surface area contributed by atoms with Crippen molar-refractivity contribution in [2.24, 2.45) is 4.99 Å². The average molecular weight is 230 g/mol. The zero-order chi connectivity index (χ0) is 11.2. The molecule has 1 saturated carbocycles. The van der Waals surface area contributed by atoms with Crippen LogP contribution in [0.1, 0.15) is 24.1 Å². The summed E-state index contributed by atoms with van der Waals surface area (Å²) in [6.07, 6.45) is 3.58. The van der Waals surface area contributed by atoms with Crippen LogP contribution in [-0.4, -0.2) is 10.5 Å². The van der Waals surface area contributed by atoms with E-state index in [0.717, 1.165) is 24.1 Å². The van der Waals surface area contributed by atoms with Gasteiger partial charge in [0.1, 0.15) is 0 Å². The molecular weight excluding hydrogens is 220 g/mol. The summed E-state index contributed by atoms with van der Waals surface area (Å²) in [6.45, 7) is 2.01. The Morgan fingerprint density at radius 3 is 3.00 bits per heavy atom. The zero-order valence-corrected chi connectivity index (χ0v) is 9.67. The Morgan fingerprint density at radius 1 is 1.50 bits per heavy atom. The number of hydrogen-bond donors (Lipinski definition) is 0. The number of rotatable bonds is 2. The van der Waals surface area contributed by atoms with Gasteiger partial charge in [-0.1, -0.05) is 12.1 Å². The standard InChI is InChI=1S/C12H10N2OS/c1-8-10-3-2-9(6-11(10)16-14-8)12(4-5-12)13-7-15/h2-3,6H,4-5H2,1H3. The largest absolute Gasteiger partial charge is 0.235 e. The van der Waals surface area contributed by atoms with Crippen LogP contribution >= 0.6 is 11.5 Å². The predicted octanol–water partition coefficient (Wildman–Crippen LogP) is 2.93. The van der Waals surface area contributed by atoms with Crippen molar-refractivity contribution >= 4 is 27.7 Å². The highest BCUT2D eigenvalue weighted by Crippen LogP contribution is 2.49. The molecule has 4 heteroatoms. The lowest BCUT2D eigenvalue weighted by atomic mass is 10.0. The number of aliphatic imine (C=N–C) groups is 1. The molecule has 16 heavy (non-hydrogen) atoms. The fraction of sp³-hybridized carbons (Fsp3) is 0.333. The second-order valence-electron chi connectivity index (χ2n) is 4.21. The topological polar surface area (TPSA) is 42.3 Å². The number of fused-ring (bicyclic) bond motifs is 1. The Morgan fingerprint density at radius 2 is 2.31 bits per heavy atom. The SMILES string of the molecule is Cc1nsc2cc(C3(N=C=O)CC3)ccc12. The smallest absolute Gasteiger partial charge is 0.211 e. The minimum Gasteiger partial charge on any atom is -0.211 e. The second-order valence-corrected chi connectivity index (χ2v) is 5.02. The van der Waals surface area contributed by atoms with Gasteiger partial charge in [-0.3, -0.25) is 0 Å². The molecule has 3 rings (SSSR count). The van der Waals surface area contributed by atoms with E-state index in [0.29, 0.717) is 0 Å². The van der Waals surface area contributed by atoms with E-state index in [1.54, 1.807) is 6.08 Å². The molecule has 0 atom stereocenters. The van der Waals surface area contributed by atoms with E-state index in [4.69, 9.17) is 0 Å². The predicted molar refractivity (Wildman–Crippen MR) is 63.4 cm³/mol. The zero-order valence-electron chi connectivity index (χ0n) is 8.86. The molecule has 1 aliphatic rings. The first-order valence-corrected chi connectivity index (χ1v) is 5.98. The molecule has 0 amide bonds. The molecule has 3 nitrogen and oxygen atoms in total. The maximum atomic E-state index is 10.4. The Labute approximate surface area is 97.0 Å². The van der Waals surface area contributed by atoms with Crippen molar-refractivity contribution in [3.8, 4) is 0 Å². The summed E-state index contributed by atoms with van der Waals surface area (Å²) < 4.78 is 5.49. The molecule has 1 fully saturated rings. The molecular formula is C12H10N2OS. The van der Waals surface area contributed by atoms with E-state index >= 15 is 0 Å². The summed E-state index contributed by atoms with van der Waals surface area (Å²) >= 11 is 1.50. The first kappa shape index (κ1) is 9.70. The van der Waals surface area contributed by atoms with Crippen LogP contribution < -0.4 is 0 Å². The normalized spacial score (nSPS) is 17.1. The molecule has 0 N–H and O–H groups in total. The number of hydrogen-bond acceptors (Lipinski definition) is 4. The van der Waals surface area contributed by atoms with Crippen LogP contribution in [0.3, 0.4) is 0 Å². The highest BCUT2D eigenvalue weighted by atomic mass is 32.1. The molecule has 2 aromatic rings. The highest BCUT2D eigenvalue weighted by Gasteiger charge is 2.44. The Bertz CT molecular complexity index is 607. The summed E-state index contributed by atoms with van der Waals surface area (Å²) in [5.74, 6) is 0. The quantitative estimate of drug-likeness (QED) is 0.588. The molecule has 0 spiro atoms. The van der Waals surface area contributed by atoms with E-state index in [-0.39, 0.29) is 5.54 Å². The fourth-order valence-electron chi connectivity index (χ4n) is 2.02. The summed E-state index contributed by atoms with van der Waals surface area (Å²) in [5, 5.41) is 1.19. The third-order valence-corrected chi connectivity index (χ3v) is 4.07. The van der Waals surface area contributed by atoms with E-state index in [9.17, 15) is 4.79 Å². The molecule has 1 aromatic heterocycles. The van der Waals surface area contributed by atoms with Crippen molar-refractivity contribution in [1.82, 2.24) is 4.37 Å². The Balaban J connectivity index is 2.16. The van der Waals surface area contributed by atoms with Gasteiger partial charge in [0.25, 0.3) is 0 Å². The van der Waals surface area contributed by atoms with Crippen molar-refractivity contribution in [3.05, 3.63) is 29.5 Å². The fourth-order valence-corrected chi connectivity index (χ4v) is 2.85. The summed E-state index contributed by atoms with van der Waals surface area (Å²) in [6, 6.07) is 6.23. The van der Waals surface area contributed by atoms with Crippen molar-refractivity contribution in [1.29, 1.82) is 0 Å². The van der Waals surface area contributed by atoms with Crippen molar-refractivity contribution < 1.29 is 4.79 Å². The summed E-state index contributed by atoms with van der Waals surface area (Å²) in [4.78, 5) is 14.3. The van der Waals surface area contributed by atoms with Crippen LogP contribution in [0.15, 0.2) is 23.2 Å². The highest BCUT2D eigenvalue weighted by molar-refractivity contribution is 7.13. The van der Waals surface area contributed by atoms with Crippen LogP contribution in [0.25, 0.3) is 10.1 Å². The maximum Gasteiger partial charge on any atom is 0.235 e. The maximum absolute atomic E-state index is 10.4. The molecule has 0 radical (unpaired) electrons. The van der Waals surface area contributed by atoms with Gasteiger partial charge in [-0.25, -0.2) is 4.79 Å². The first-order valence-electron chi connectivity index (χ1n) is 5.21. The van der Waals surface area contributed by atoms with E-state index in [2.05, 4.69) is 27.6 Å².